The van der Waals surface area contributed by atoms with E-state index in [1.807, 2.05) is 37.3 Å². The summed E-state index contributed by atoms with van der Waals surface area (Å²) in [4.78, 5) is 4.66. The van der Waals surface area contributed by atoms with Gasteiger partial charge in [0.25, 0.3) is 0 Å². The molecule has 2 aromatic carbocycles. The molecular formula is C16H14BrClN2. The molecule has 1 heterocycles. The van der Waals surface area contributed by atoms with Crippen molar-refractivity contribution in [3.63, 3.8) is 0 Å². The SMILES string of the molecule is CC(Cl)c1nc2ccc(Br)cc2n1Cc1ccccc1. The number of hydrogen-bond donors (Lipinski definition) is 0. The molecule has 20 heavy (non-hydrogen) atoms. The number of rotatable bonds is 3. The van der Waals surface area contributed by atoms with Gasteiger partial charge in [0, 0.05) is 11.0 Å². The monoisotopic (exact) mass is 348 g/mol. The topological polar surface area (TPSA) is 17.8 Å². The van der Waals surface area contributed by atoms with Gasteiger partial charge in [0.05, 0.1) is 16.4 Å². The standard InChI is InChI=1S/C16H14BrClN2/c1-11(18)16-19-14-8-7-13(17)9-15(14)20(16)10-12-5-3-2-4-6-12/h2-9,11H,10H2,1H3. The van der Waals surface area contributed by atoms with E-state index in [0.717, 1.165) is 27.9 Å². The fourth-order valence-electron chi connectivity index (χ4n) is 2.35. The first-order chi connectivity index (χ1) is 9.65. The van der Waals surface area contributed by atoms with Crippen molar-refractivity contribution < 1.29 is 0 Å². The van der Waals surface area contributed by atoms with Crippen molar-refractivity contribution >= 4 is 38.6 Å². The zero-order valence-corrected chi connectivity index (χ0v) is 13.4. The number of benzene rings is 2. The molecule has 0 saturated carbocycles. The van der Waals surface area contributed by atoms with Gasteiger partial charge < -0.3 is 4.57 Å². The zero-order chi connectivity index (χ0) is 14.1. The summed E-state index contributed by atoms with van der Waals surface area (Å²) in [6, 6.07) is 16.5. The highest BCUT2D eigenvalue weighted by molar-refractivity contribution is 9.10. The number of fused-ring (bicyclic) bond motifs is 1. The van der Waals surface area contributed by atoms with E-state index in [0.29, 0.717) is 0 Å². The summed E-state index contributed by atoms with van der Waals surface area (Å²) in [5, 5.41) is -0.120. The van der Waals surface area contributed by atoms with Crippen LogP contribution in [0.2, 0.25) is 0 Å². The van der Waals surface area contributed by atoms with Gasteiger partial charge in [-0.15, -0.1) is 11.6 Å². The fraction of sp³-hybridized carbons (Fsp3) is 0.188. The van der Waals surface area contributed by atoms with Gasteiger partial charge in [-0.25, -0.2) is 4.98 Å². The molecule has 4 heteroatoms. The molecule has 0 fully saturated rings. The zero-order valence-electron chi connectivity index (χ0n) is 11.1. The molecule has 0 aliphatic carbocycles. The van der Waals surface area contributed by atoms with Gasteiger partial charge in [-0.3, -0.25) is 0 Å². The lowest BCUT2D eigenvalue weighted by molar-refractivity contribution is 0.742. The van der Waals surface area contributed by atoms with Crippen molar-refractivity contribution in [3.8, 4) is 0 Å². The molecule has 0 N–H and O–H groups in total. The van der Waals surface area contributed by atoms with Crippen molar-refractivity contribution in [2.75, 3.05) is 0 Å². The first kappa shape index (κ1) is 13.7. The minimum Gasteiger partial charge on any atom is -0.322 e. The van der Waals surface area contributed by atoms with Gasteiger partial charge in [0.1, 0.15) is 5.82 Å². The Hall–Kier alpha value is -1.32. The van der Waals surface area contributed by atoms with Crippen molar-refractivity contribution in [1.29, 1.82) is 0 Å². The first-order valence-electron chi connectivity index (χ1n) is 6.49. The Bertz CT molecular complexity index is 735. The van der Waals surface area contributed by atoms with Gasteiger partial charge in [0.15, 0.2) is 0 Å². The molecule has 3 rings (SSSR count). The molecule has 0 aliphatic rings. The van der Waals surface area contributed by atoms with Gasteiger partial charge >= 0.3 is 0 Å². The maximum atomic E-state index is 6.29. The Morgan fingerprint density at radius 1 is 1.20 bits per heavy atom. The summed E-state index contributed by atoms with van der Waals surface area (Å²) in [6.07, 6.45) is 0. The highest BCUT2D eigenvalue weighted by atomic mass is 79.9. The lowest BCUT2D eigenvalue weighted by Gasteiger charge is -2.10. The Balaban J connectivity index is 2.15. The Kier molecular flexibility index (Phi) is 3.81. The summed E-state index contributed by atoms with van der Waals surface area (Å²) in [6.45, 7) is 2.74. The van der Waals surface area contributed by atoms with Gasteiger partial charge in [0.2, 0.25) is 0 Å². The highest BCUT2D eigenvalue weighted by Gasteiger charge is 2.15. The number of alkyl halides is 1. The molecule has 2 nitrogen and oxygen atoms in total. The number of halogens is 2. The van der Waals surface area contributed by atoms with Crippen molar-refractivity contribution in [3.05, 3.63) is 64.4 Å². The van der Waals surface area contributed by atoms with Crippen molar-refractivity contribution in [2.45, 2.75) is 18.8 Å². The van der Waals surface area contributed by atoms with E-state index in [4.69, 9.17) is 11.6 Å². The Morgan fingerprint density at radius 2 is 1.95 bits per heavy atom. The maximum absolute atomic E-state index is 6.29. The smallest absolute Gasteiger partial charge is 0.128 e. The quantitative estimate of drug-likeness (QED) is 0.598. The molecule has 0 aliphatic heterocycles. The van der Waals surface area contributed by atoms with Gasteiger partial charge in [-0.05, 0) is 30.7 Å². The van der Waals surface area contributed by atoms with Gasteiger partial charge in [-0.2, -0.15) is 0 Å². The van der Waals surface area contributed by atoms with Crippen LogP contribution in [0.1, 0.15) is 23.7 Å². The summed E-state index contributed by atoms with van der Waals surface area (Å²) >= 11 is 9.81. The fourth-order valence-corrected chi connectivity index (χ4v) is 2.87. The molecule has 1 unspecified atom stereocenters. The summed E-state index contributed by atoms with van der Waals surface area (Å²) in [5.74, 6) is 0.906. The lowest BCUT2D eigenvalue weighted by Crippen LogP contribution is -2.05. The van der Waals surface area contributed by atoms with Crippen molar-refractivity contribution in [2.24, 2.45) is 0 Å². The molecule has 102 valence electrons. The number of hydrogen-bond acceptors (Lipinski definition) is 1. The van der Waals surface area contributed by atoms with Crippen LogP contribution in [0.15, 0.2) is 53.0 Å². The van der Waals surface area contributed by atoms with Crippen LogP contribution in [0.5, 0.6) is 0 Å². The van der Waals surface area contributed by atoms with E-state index in [1.165, 1.54) is 5.56 Å². The molecule has 1 aromatic heterocycles. The van der Waals surface area contributed by atoms with E-state index < -0.39 is 0 Å². The van der Waals surface area contributed by atoms with Crippen molar-refractivity contribution in [1.82, 2.24) is 9.55 Å². The third-order valence-electron chi connectivity index (χ3n) is 3.28. The molecule has 0 saturated heterocycles. The van der Waals surface area contributed by atoms with E-state index in [-0.39, 0.29) is 5.38 Å². The second-order valence-electron chi connectivity index (χ2n) is 4.79. The van der Waals surface area contributed by atoms with E-state index in [2.05, 4.69) is 43.7 Å². The second kappa shape index (κ2) is 5.58. The molecule has 0 bridgehead atoms. The van der Waals surface area contributed by atoms with Crippen LogP contribution in [0.4, 0.5) is 0 Å². The third kappa shape index (κ3) is 2.60. The van der Waals surface area contributed by atoms with Crippen LogP contribution in [-0.2, 0) is 6.54 Å². The summed E-state index contributed by atoms with van der Waals surface area (Å²) in [5.41, 5.74) is 3.32. The molecule has 3 aromatic rings. The normalized spacial score (nSPS) is 12.8. The second-order valence-corrected chi connectivity index (χ2v) is 6.36. The Labute approximate surface area is 131 Å². The van der Waals surface area contributed by atoms with E-state index in [1.54, 1.807) is 0 Å². The van der Waals surface area contributed by atoms with Crippen LogP contribution in [0.25, 0.3) is 11.0 Å². The first-order valence-corrected chi connectivity index (χ1v) is 7.72. The number of aromatic nitrogens is 2. The van der Waals surface area contributed by atoms with Crippen LogP contribution >= 0.6 is 27.5 Å². The van der Waals surface area contributed by atoms with Crippen LogP contribution in [-0.4, -0.2) is 9.55 Å². The average Bonchev–Trinajstić information content (AvgIpc) is 2.78. The maximum Gasteiger partial charge on any atom is 0.128 e. The molecule has 0 radical (unpaired) electrons. The average molecular weight is 350 g/mol. The molecule has 1 atom stereocenters. The summed E-state index contributed by atoms with van der Waals surface area (Å²) < 4.78 is 3.24. The van der Waals surface area contributed by atoms with Crippen LogP contribution < -0.4 is 0 Å². The van der Waals surface area contributed by atoms with Gasteiger partial charge in [-0.1, -0.05) is 46.3 Å². The molecule has 0 amide bonds. The van der Waals surface area contributed by atoms with Crippen LogP contribution in [0.3, 0.4) is 0 Å². The highest BCUT2D eigenvalue weighted by Crippen LogP contribution is 2.27. The lowest BCUT2D eigenvalue weighted by atomic mass is 10.2. The van der Waals surface area contributed by atoms with E-state index >= 15 is 0 Å². The minimum atomic E-state index is -0.120. The molecule has 0 spiro atoms. The predicted octanol–water partition coefficient (Wildman–Crippen LogP) is 5.15. The van der Waals surface area contributed by atoms with Crippen LogP contribution in [0, 0.1) is 0 Å². The third-order valence-corrected chi connectivity index (χ3v) is 3.97. The molecular weight excluding hydrogens is 336 g/mol. The predicted molar refractivity (Wildman–Crippen MR) is 87.2 cm³/mol. The number of imidazole rings is 1. The number of nitrogens with zero attached hydrogens (tertiary/aromatic N) is 2. The summed E-state index contributed by atoms with van der Waals surface area (Å²) in [7, 11) is 0. The largest absolute Gasteiger partial charge is 0.322 e. The minimum absolute atomic E-state index is 0.120. The van der Waals surface area contributed by atoms with E-state index in [9.17, 15) is 0 Å². The Morgan fingerprint density at radius 3 is 2.65 bits per heavy atom.